The van der Waals surface area contributed by atoms with Gasteiger partial charge in [0.05, 0.1) is 0 Å². The molecule has 5 rings (SSSR count). The Kier molecular flexibility index (Phi) is 4.71. The lowest BCUT2D eigenvalue weighted by molar-refractivity contribution is 1.07. The lowest BCUT2D eigenvalue weighted by Gasteiger charge is -2.20. The van der Waals surface area contributed by atoms with E-state index < -0.39 is 0 Å². The Morgan fingerprint density at radius 3 is 2.32 bits per heavy atom. The van der Waals surface area contributed by atoms with Crippen molar-refractivity contribution >= 4 is 22.5 Å². The number of nitrogens with one attached hydrogen (secondary N) is 1. The van der Waals surface area contributed by atoms with Crippen LogP contribution in [0.2, 0.25) is 0 Å². The number of allylic oxidation sites excluding steroid dienone is 4. The van der Waals surface area contributed by atoms with Crippen molar-refractivity contribution in [2.24, 2.45) is 0 Å². The summed E-state index contributed by atoms with van der Waals surface area (Å²) in [6.45, 7) is 0. The Labute approximate surface area is 152 Å². The van der Waals surface area contributed by atoms with E-state index >= 15 is 0 Å². The summed E-state index contributed by atoms with van der Waals surface area (Å²) in [7, 11) is 0. The molecule has 0 bridgehead atoms. The first-order valence-corrected chi connectivity index (χ1v) is 9.24. The predicted molar refractivity (Wildman–Crippen MR) is 108 cm³/mol. The van der Waals surface area contributed by atoms with Crippen LogP contribution in [0.5, 0.6) is 0 Å². The summed E-state index contributed by atoms with van der Waals surface area (Å²) in [5.74, 6) is 0. The Morgan fingerprint density at radius 1 is 0.680 bits per heavy atom. The van der Waals surface area contributed by atoms with Crippen molar-refractivity contribution in [2.45, 2.75) is 16.2 Å². The fourth-order valence-corrected chi connectivity index (χ4v) is 4.15. The van der Waals surface area contributed by atoms with Crippen molar-refractivity contribution in [2.75, 3.05) is 0 Å². The molecule has 0 saturated heterocycles. The highest BCUT2D eigenvalue weighted by molar-refractivity contribution is 7.99. The molecule has 0 radical (unpaired) electrons. The van der Waals surface area contributed by atoms with E-state index in [1.54, 1.807) is 0 Å². The SMILES string of the molecule is C1=CC=CNC=C1.c1ccc2c(c1)Cc1c(ccc3ccccc13)S2. The van der Waals surface area contributed by atoms with Gasteiger partial charge >= 0.3 is 0 Å². The molecule has 2 heterocycles. The van der Waals surface area contributed by atoms with Gasteiger partial charge in [-0.15, -0.1) is 0 Å². The molecular formula is C23H19NS. The van der Waals surface area contributed by atoms with E-state index in [4.69, 9.17) is 0 Å². The maximum Gasteiger partial charge on any atom is 0.0164 e. The van der Waals surface area contributed by atoms with Gasteiger partial charge < -0.3 is 5.32 Å². The third-order valence-corrected chi connectivity index (χ3v) is 5.50. The topological polar surface area (TPSA) is 12.0 Å². The maximum atomic E-state index is 2.92. The molecule has 25 heavy (non-hydrogen) atoms. The largest absolute Gasteiger partial charge is 0.368 e. The number of benzene rings is 3. The molecule has 0 fully saturated rings. The van der Waals surface area contributed by atoms with E-state index in [-0.39, 0.29) is 0 Å². The molecular weight excluding hydrogens is 322 g/mol. The molecule has 0 saturated carbocycles. The van der Waals surface area contributed by atoms with Crippen LogP contribution in [-0.2, 0) is 6.42 Å². The average Bonchev–Trinajstić information content (AvgIpc) is 3.00. The summed E-state index contributed by atoms with van der Waals surface area (Å²) >= 11 is 1.90. The van der Waals surface area contributed by atoms with E-state index in [2.05, 4.69) is 66.0 Å². The molecule has 0 atom stereocenters. The molecule has 3 aromatic rings. The van der Waals surface area contributed by atoms with Crippen molar-refractivity contribution in [3.05, 3.63) is 108 Å². The maximum absolute atomic E-state index is 2.92. The Hall–Kier alpha value is -2.71. The van der Waals surface area contributed by atoms with Crippen molar-refractivity contribution in [3.8, 4) is 0 Å². The van der Waals surface area contributed by atoms with Gasteiger partial charge in [-0.25, -0.2) is 0 Å². The number of hydrogen-bond donors (Lipinski definition) is 1. The third-order valence-electron chi connectivity index (χ3n) is 4.28. The third kappa shape index (κ3) is 3.54. The van der Waals surface area contributed by atoms with E-state index in [0.29, 0.717) is 0 Å². The minimum Gasteiger partial charge on any atom is -0.368 e. The van der Waals surface area contributed by atoms with Crippen molar-refractivity contribution in [1.82, 2.24) is 5.32 Å². The van der Waals surface area contributed by atoms with Crippen LogP contribution in [-0.4, -0.2) is 0 Å². The van der Waals surface area contributed by atoms with Crippen LogP contribution in [0.1, 0.15) is 11.1 Å². The average molecular weight is 341 g/mol. The zero-order chi connectivity index (χ0) is 16.9. The van der Waals surface area contributed by atoms with Crippen LogP contribution < -0.4 is 5.32 Å². The summed E-state index contributed by atoms with van der Waals surface area (Å²) in [5.41, 5.74) is 2.93. The van der Waals surface area contributed by atoms with Gasteiger partial charge in [-0.05, 0) is 46.2 Å². The predicted octanol–water partition coefficient (Wildman–Crippen LogP) is 6.07. The molecule has 122 valence electrons. The highest BCUT2D eigenvalue weighted by Gasteiger charge is 2.17. The fraction of sp³-hybridized carbons (Fsp3) is 0.0435. The van der Waals surface area contributed by atoms with Crippen LogP contribution in [0.25, 0.3) is 10.8 Å². The van der Waals surface area contributed by atoms with Crippen LogP contribution >= 0.6 is 11.8 Å². The standard InChI is InChI=1S/C17H12S.C6H7N/c1-3-7-14-12(5-1)9-10-17-15(14)11-13-6-2-4-8-16(13)18-17;1-2-4-6-7-5-3-1/h1-10H,11H2;1-7H. The summed E-state index contributed by atoms with van der Waals surface area (Å²) in [5, 5.41) is 5.67. The van der Waals surface area contributed by atoms with E-state index in [9.17, 15) is 0 Å². The van der Waals surface area contributed by atoms with E-state index in [1.165, 1.54) is 31.7 Å². The molecule has 1 nitrogen and oxygen atoms in total. The van der Waals surface area contributed by atoms with Crippen LogP contribution in [0, 0.1) is 0 Å². The van der Waals surface area contributed by atoms with Crippen molar-refractivity contribution < 1.29 is 0 Å². The summed E-state index contributed by atoms with van der Waals surface area (Å²) in [6, 6.07) is 21.9. The lowest BCUT2D eigenvalue weighted by atomic mass is 9.98. The van der Waals surface area contributed by atoms with E-state index in [1.807, 2.05) is 48.5 Å². The second kappa shape index (κ2) is 7.45. The van der Waals surface area contributed by atoms with Gasteiger partial charge in [0.15, 0.2) is 0 Å². The van der Waals surface area contributed by atoms with Crippen LogP contribution in [0.3, 0.4) is 0 Å². The van der Waals surface area contributed by atoms with Crippen molar-refractivity contribution in [3.63, 3.8) is 0 Å². The fourth-order valence-electron chi connectivity index (χ4n) is 3.06. The summed E-state index contributed by atoms with van der Waals surface area (Å²) in [4.78, 5) is 2.81. The molecule has 1 N–H and O–H groups in total. The first-order valence-electron chi connectivity index (χ1n) is 8.42. The van der Waals surface area contributed by atoms with Crippen molar-refractivity contribution in [1.29, 1.82) is 0 Å². The van der Waals surface area contributed by atoms with Crippen LogP contribution in [0.15, 0.2) is 107 Å². The number of hydrogen-bond acceptors (Lipinski definition) is 2. The highest BCUT2D eigenvalue weighted by Crippen LogP contribution is 2.41. The highest BCUT2D eigenvalue weighted by atomic mass is 32.2. The molecule has 0 unspecified atom stereocenters. The van der Waals surface area contributed by atoms with Gasteiger partial charge in [-0.1, -0.05) is 72.4 Å². The van der Waals surface area contributed by atoms with Gasteiger partial charge in [-0.3, -0.25) is 0 Å². The second-order valence-electron chi connectivity index (χ2n) is 5.92. The zero-order valence-corrected chi connectivity index (χ0v) is 14.7. The normalized spacial score (nSPS) is 13.9. The van der Waals surface area contributed by atoms with Gasteiger partial charge in [0, 0.05) is 28.6 Å². The molecule has 2 heteroatoms. The molecule has 0 aliphatic carbocycles. The quantitative estimate of drug-likeness (QED) is 0.417. The lowest BCUT2D eigenvalue weighted by Crippen LogP contribution is -2.00. The smallest absolute Gasteiger partial charge is 0.0164 e. The number of rotatable bonds is 0. The minimum absolute atomic E-state index is 1.06. The van der Waals surface area contributed by atoms with E-state index in [0.717, 1.165) is 6.42 Å². The van der Waals surface area contributed by atoms with Gasteiger partial charge in [0.1, 0.15) is 0 Å². The molecule has 3 aromatic carbocycles. The Morgan fingerprint density at radius 2 is 1.44 bits per heavy atom. The molecule has 0 spiro atoms. The van der Waals surface area contributed by atoms with Gasteiger partial charge in [0.25, 0.3) is 0 Å². The summed E-state index contributed by atoms with van der Waals surface area (Å²) in [6.07, 6.45) is 12.6. The molecule has 0 aromatic heterocycles. The van der Waals surface area contributed by atoms with Crippen LogP contribution in [0.4, 0.5) is 0 Å². The monoisotopic (exact) mass is 341 g/mol. The first-order chi connectivity index (χ1) is 12.4. The van der Waals surface area contributed by atoms with Gasteiger partial charge in [0.2, 0.25) is 0 Å². The Balaban J connectivity index is 0.000000190. The molecule has 0 amide bonds. The second-order valence-corrected chi connectivity index (χ2v) is 7.00. The minimum atomic E-state index is 1.06. The number of fused-ring (bicyclic) bond motifs is 4. The first kappa shape index (κ1) is 15.8. The molecule has 2 aliphatic heterocycles. The molecule has 2 aliphatic rings. The Bertz CT molecular complexity index is 968. The van der Waals surface area contributed by atoms with Gasteiger partial charge in [-0.2, -0.15) is 0 Å². The summed E-state index contributed by atoms with van der Waals surface area (Å²) < 4.78 is 0. The zero-order valence-electron chi connectivity index (χ0n) is 13.9.